The van der Waals surface area contributed by atoms with Crippen LogP contribution in [-0.4, -0.2) is 135 Å². The number of ether oxygens (including phenoxy) is 9. The van der Waals surface area contributed by atoms with Crippen LogP contribution in [0.1, 0.15) is 6.92 Å². The molecule has 0 saturated carbocycles. The fraction of sp³-hybridized carbons (Fsp3) is 0.594. The molecule has 18 nitrogen and oxygen atoms in total. The van der Waals surface area contributed by atoms with Crippen molar-refractivity contribution in [2.24, 2.45) is 0 Å². The maximum atomic E-state index is 11.1. The zero-order chi connectivity index (χ0) is 36.1. The number of carbonyl (C=O) groups is 1. The molecule has 18 heteroatoms. The average molecular weight is 713 g/mol. The predicted molar refractivity (Wildman–Crippen MR) is 181 cm³/mol. The summed E-state index contributed by atoms with van der Waals surface area (Å²) in [6.07, 6.45) is 0. The zero-order valence-corrected chi connectivity index (χ0v) is 28.4. The van der Waals surface area contributed by atoms with Gasteiger partial charge in [-0.1, -0.05) is 0 Å². The van der Waals surface area contributed by atoms with Gasteiger partial charge in [-0.2, -0.15) is 0 Å². The van der Waals surface area contributed by atoms with E-state index in [1.165, 1.54) is 19.1 Å². The van der Waals surface area contributed by atoms with Gasteiger partial charge >= 0.3 is 0 Å². The molecule has 0 atom stereocenters. The molecule has 50 heavy (non-hydrogen) atoms. The number of nitrogens with one attached hydrogen (secondary N) is 2. The van der Waals surface area contributed by atoms with Crippen LogP contribution in [0.3, 0.4) is 0 Å². The van der Waals surface area contributed by atoms with E-state index in [-0.39, 0.29) is 36.1 Å². The number of carbonyl (C=O) groups excluding carboxylic acids is 1. The summed E-state index contributed by atoms with van der Waals surface area (Å²) in [6.45, 7) is 8.89. The molecular weight excluding hydrogens is 664 g/mol. The van der Waals surface area contributed by atoms with Crippen molar-refractivity contribution in [1.82, 2.24) is 0 Å². The molecule has 0 aliphatic heterocycles. The van der Waals surface area contributed by atoms with Crippen LogP contribution in [-0.2, 0) is 42.7 Å². The molecule has 0 bridgehead atoms. The second-order valence-corrected chi connectivity index (χ2v) is 10.1. The molecule has 280 valence electrons. The molecule has 0 radical (unpaired) electrons. The van der Waals surface area contributed by atoms with Crippen LogP contribution in [0.4, 0.5) is 22.7 Å². The molecule has 0 aliphatic carbocycles. The lowest BCUT2D eigenvalue weighted by Crippen LogP contribution is -2.16. The highest BCUT2D eigenvalue weighted by molar-refractivity contribution is 5.88. The van der Waals surface area contributed by atoms with Crippen molar-refractivity contribution in [3.8, 4) is 5.75 Å². The summed E-state index contributed by atoms with van der Waals surface area (Å²) < 4.78 is 49.2. The summed E-state index contributed by atoms with van der Waals surface area (Å²) in [5.41, 5.74) is 0.183. The monoisotopic (exact) mass is 712 g/mol. The minimum Gasteiger partial charge on any atom is -0.491 e. The summed E-state index contributed by atoms with van der Waals surface area (Å²) in [7, 11) is 0. The zero-order valence-electron chi connectivity index (χ0n) is 28.4. The first-order chi connectivity index (χ1) is 24.4. The Labute approximate surface area is 290 Å². The van der Waals surface area contributed by atoms with Gasteiger partial charge in [0.1, 0.15) is 18.0 Å². The molecule has 0 aliphatic rings. The summed E-state index contributed by atoms with van der Waals surface area (Å²) >= 11 is 0. The lowest BCUT2D eigenvalue weighted by atomic mass is 10.2. The fourth-order valence-corrected chi connectivity index (χ4v) is 3.89. The van der Waals surface area contributed by atoms with Crippen molar-refractivity contribution in [2.75, 3.05) is 129 Å². The van der Waals surface area contributed by atoms with Gasteiger partial charge in [0.05, 0.1) is 122 Å². The third-order valence-electron chi connectivity index (χ3n) is 6.23. The van der Waals surface area contributed by atoms with Crippen LogP contribution in [0.5, 0.6) is 5.75 Å². The second-order valence-electron chi connectivity index (χ2n) is 10.1. The van der Waals surface area contributed by atoms with Crippen LogP contribution in [0.2, 0.25) is 0 Å². The fourth-order valence-electron chi connectivity index (χ4n) is 3.89. The number of hydrogen-bond donors (Lipinski definition) is 2. The van der Waals surface area contributed by atoms with Gasteiger partial charge in [0.25, 0.3) is 11.4 Å². The highest BCUT2D eigenvalue weighted by Crippen LogP contribution is 2.28. The molecule has 0 aromatic heterocycles. The van der Waals surface area contributed by atoms with Gasteiger partial charge < -0.3 is 53.3 Å². The first-order valence-electron chi connectivity index (χ1n) is 16.2. The number of benzene rings is 2. The topological polar surface area (TPSA) is 210 Å². The van der Waals surface area contributed by atoms with Gasteiger partial charge in [-0.25, -0.2) is 0 Å². The van der Waals surface area contributed by atoms with Crippen LogP contribution in [0.25, 0.3) is 0 Å². The van der Waals surface area contributed by atoms with E-state index < -0.39 is 9.85 Å². The number of hydrogen-bond acceptors (Lipinski definition) is 15. The van der Waals surface area contributed by atoms with Crippen LogP contribution >= 0.6 is 0 Å². The van der Waals surface area contributed by atoms with Crippen LogP contribution in [0.15, 0.2) is 42.5 Å². The molecule has 0 spiro atoms. The Bertz CT molecular complexity index is 1220. The standard InChI is InChI=1S/C32H48N4O14/c1-27(37)34-28-2-5-30(6-3-28)50-25-24-49-23-22-48-21-20-47-19-18-46-17-16-45-15-14-44-13-12-43-11-10-42-9-8-33-31-7-4-29(35(38)39)26-32(31)36(40)41/h2-7,26,33H,8-25H2,1H3,(H,34,37). The average Bonchev–Trinajstić information content (AvgIpc) is 3.09. The molecule has 2 N–H and O–H groups in total. The molecule has 0 heterocycles. The Kier molecular flexibility index (Phi) is 23.4. The Morgan fingerprint density at radius 2 is 1.00 bits per heavy atom. The Hall–Kier alpha value is -4.01. The highest BCUT2D eigenvalue weighted by atomic mass is 16.6. The van der Waals surface area contributed by atoms with E-state index in [2.05, 4.69) is 10.6 Å². The largest absolute Gasteiger partial charge is 0.491 e. The third kappa shape index (κ3) is 21.2. The SMILES string of the molecule is CC(=O)Nc1ccc(OCCOCCOCCOCCOCCOCCOCCOCCOCCNc2ccc([N+](=O)[O-])cc2[N+](=O)[O-])cc1. The number of rotatable bonds is 32. The molecule has 1 amide bonds. The molecule has 0 unspecified atom stereocenters. The highest BCUT2D eigenvalue weighted by Gasteiger charge is 2.19. The van der Waals surface area contributed by atoms with E-state index in [9.17, 15) is 25.0 Å². The van der Waals surface area contributed by atoms with Gasteiger partial charge in [-0.15, -0.1) is 0 Å². The lowest BCUT2D eigenvalue weighted by Gasteiger charge is -2.09. The number of non-ortho nitro benzene ring substituents is 1. The van der Waals surface area contributed by atoms with Crippen LogP contribution < -0.4 is 15.4 Å². The van der Waals surface area contributed by atoms with Gasteiger partial charge in [0.2, 0.25) is 5.91 Å². The third-order valence-corrected chi connectivity index (χ3v) is 6.23. The minimum absolute atomic E-state index is 0.120. The number of nitrogens with zero attached hydrogens (tertiary/aromatic N) is 2. The Morgan fingerprint density at radius 3 is 1.40 bits per heavy atom. The van der Waals surface area contributed by atoms with Crippen molar-refractivity contribution < 1.29 is 57.3 Å². The van der Waals surface area contributed by atoms with Crippen LogP contribution in [0, 0.1) is 20.2 Å². The quantitative estimate of drug-likeness (QED) is 0.0634. The normalized spacial score (nSPS) is 11.0. The van der Waals surface area contributed by atoms with E-state index in [1.54, 1.807) is 24.3 Å². The molecule has 2 rings (SSSR count). The molecule has 2 aromatic rings. The van der Waals surface area contributed by atoms with Gasteiger partial charge in [-0.05, 0) is 30.3 Å². The lowest BCUT2D eigenvalue weighted by molar-refractivity contribution is -0.393. The number of amides is 1. The van der Waals surface area contributed by atoms with Gasteiger partial charge in [0, 0.05) is 25.2 Å². The van der Waals surface area contributed by atoms with Crippen molar-refractivity contribution in [2.45, 2.75) is 6.92 Å². The molecular formula is C32H48N4O14. The predicted octanol–water partition coefficient (Wildman–Crippen LogP) is 3.09. The van der Waals surface area contributed by atoms with Gasteiger partial charge in [0.15, 0.2) is 0 Å². The summed E-state index contributed by atoms with van der Waals surface area (Å²) in [6, 6.07) is 10.5. The van der Waals surface area contributed by atoms with E-state index in [0.29, 0.717) is 111 Å². The second kappa shape index (κ2) is 27.8. The summed E-state index contributed by atoms with van der Waals surface area (Å²) in [5, 5.41) is 27.5. The number of nitro benzene ring substituents is 2. The van der Waals surface area contributed by atoms with E-state index >= 15 is 0 Å². The molecule has 0 fully saturated rings. The Morgan fingerprint density at radius 1 is 0.580 bits per heavy atom. The van der Waals surface area contributed by atoms with Gasteiger partial charge in [-0.3, -0.25) is 25.0 Å². The maximum absolute atomic E-state index is 11.1. The first-order valence-corrected chi connectivity index (χ1v) is 16.2. The van der Waals surface area contributed by atoms with Crippen molar-refractivity contribution in [1.29, 1.82) is 0 Å². The number of anilines is 2. The smallest absolute Gasteiger partial charge is 0.299 e. The maximum Gasteiger partial charge on any atom is 0.299 e. The van der Waals surface area contributed by atoms with E-state index in [4.69, 9.17) is 42.6 Å². The summed E-state index contributed by atoms with van der Waals surface area (Å²) in [5.74, 6) is 0.581. The first kappa shape index (κ1) is 42.2. The Balaban J connectivity index is 1.24. The number of nitro groups is 2. The van der Waals surface area contributed by atoms with E-state index in [1.807, 2.05) is 0 Å². The summed E-state index contributed by atoms with van der Waals surface area (Å²) in [4.78, 5) is 31.6. The van der Waals surface area contributed by atoms with E-state index in [0.717, 1.165) is 11.8 Å². The van der Waals surface area contributed by atoms with Crippen molar-refractivity contribution in [3.05, 3.63) is 62.7 Å². The molecule has 0 saturated heterocycles. The minimum atomic E-state index is -0.683. The van der Waals surface area contributed by atoms with Crippen molar-refractivity contribution >= 4 is 28.7 Å². The van der Waals surface area contributed by atoms with Crippen molar-refractivity contribution in [3.63, 3.8) is 0 Å². The molecule has 2 aromatic carbocycles.